The lowest BCUT2D eigenvalue weighted by atomic mass is 10.0. The first-order chi connectivity index (χ1) is 20.8. The zero-order valence-corrected chi connectivity index (χ0v) is 25.2. The minimum Gasteiger partial charge on any atom is -0.437 e. The third kappa shape index (κ3) is 6.37. The van der Waals surface area contributed by atoms with Crippen molar-refractivity contribution < 1.29 is 22.3 Å². The molecule has 0 aliphatic carbocycles. The van der Waals surface area contributed by atoms with Crippen LogP contribution in [0.25, 0.3) is 22.0 Å². The number of rotatable bonds is 9. The third-order valence-electron chi connectivity index (χ3n) is 7.64. The lowest BCUT2D eigenvalue weighted by molar-refractivity contribution is 0.127. The summed E-state index contributed by atoms with van der Waals surface area (Å²) in [4.78, 5) is 13.6. The summed E-state index contributed by atoms with van der Waals surface area (Å²) < 4.78 is 54.0. The minimum absolute atomic E-state index is 0.234. The molecule has 2 atom stereocenters. The number of aromatic nitrogens is 3. The van der Waals surface area contributed by atoms with E-state index in [0.717, 1.165) is 37.9 Å². The van der Waals surface area contributed by atoms with Crippen molar-refractivity contribution in [2.75, 3.05) is 34.6 Å². The van der Waals surface area contributed by atoms with Crippen LogP contribution in [0.1, 0.15) is 31.2 Å². The quantitative estimate of drug-likeness (QED) is 0.230. The van der Waals surface area contributed by atoms with Crippen LogP contribution in [0.5, 0.6) is 11.6 Å². The number of fused-ring (bicyclic) bond motifs is 1. The van der Waals surface area contributed by atoms with Crippen molar-refractivity contribution >= 4 is 44.2 Å². The first-order valence-corrected chi connectivity index (χ1v) is 16.2. The Morgan fingerprint density at radius 2 is 1.98 bits per heavy atom. The number of halogens is 2. The molecule has 0 spiro atoms. The van der Waals surface area contributed by atoms with Gasteiger partial charge in [0.25, 0.3) is 10.0 Å². The molecule has 2 N–H and O–H groups in total. The SMILES string of the molecule is Cc1ccc2c(N(Cl)S(=O)(=O)C[C@H]3CCCO3)c(F)ccc2c1Oc1ncccc1-c1ccnc(N[C@H]2CCCNC2)n1. The van der Waals surface area contributed by atoms with Gasteiger partial charge < -0.3 is 20.1 Å². The Morgan fingerprint density at radius 3 is 2.77 bits per heavy atom. The maximum atomic E-state index is 15.3. The lowest BCUT2D eigenvalue weighted by Crippen LogP contribution is -2.38. The zero-order valence-electron chi connectivity index (χ0n) is 23.6. The number of pyridine rings is 1. The molecule has 4 heterocycles. The molecule has 6 rings (SSSR count). The second kappa shape index (κ2) is 12.6. The van der Waals surface area contributed by atoms with E-state index >= 15 is 4.39 Å². The molecule has 0 amide bonds. The largest absolute Gasteiger partial charge is 0.437 e. The predicted molar refractivity (Wildman–Crippen MR) is 165 cm³/mol. The van der Waals surface area contributed by atoms with E-state index in [0.29, 0.717) is 45.2 Å². The molecule has 2 aromatic carbocycles. The van der Waals surface area contributed by atoms with Gasteiger partial charge in [-0.15, -0.1) is 0 Å². The van der Waals surface area contributed by atoms with Crippen molar-refractivity contribution in [3.63, 3.8) is 0 Å². The van der Waals surface area contributed by atoms with Crippen LogP contribution in [0.4, 0.5) is 16.0 Å². The molecule has 43 heavy (non-hydrogen) atoms. The van der Waals surface area contributed by atoms with E-state index in [2.05, 4.69) is 20.6 Å². The van der Waals surface area contributed by atoms with Gasteiger partial charge in [-0.2, -0.15) is 3.82 Å². The lowest BCUT2D eigenvalue weighted by Gasteiger charge is -2.23. The van der Waals surface area contributed by atoms with Crippen LogP contribution < -0.4 is 19.2 Å². The summed E-state index contributed by atoms with van der Waals surface area (Å²) >= 11 is 6.38. The number of nitrogens with zero attached hydrogens (tertiary/aromatic N) is 4. The fourth-order valence-corrected chi connectivity index (χ4v) is 7.14. The van der Waals surface area contributed by atoms with Crippen molar-refractivity contribution in [1.82, 2.24) is 20.3 Å². The molecule has 13 heteroatoms. The summed E-state index contributed by atoms with van der Waals surface area (Å²) in [7, 11) is -4.09. The van der Waals surface area contributed by atoms with E-state index in [4.69, 9.17) is 26.2 Å². The van der Waals surface area contributed by atoms with Crippen LogP contribution in [0.15, 0.2) is 54.9 Å². The third-order valence-corrected chi connectivity index (χ3v) is 9.91. The molecule has 226 valence electrons. The molecule has 2 aliphatic rings. The molecule has 2 fully saturated rings. The number of nitrogens with one attached hydrogen (secondary N) is 2. The molecule has 4 aromatic rings. The van der Waals surface area contributed by atoms with Gasteiger partial charge in [0, 0.05) is 54.1 Å². The van der Waals surface area contributed by atoms with Gasteiger partial charge in [-0.05, 0) is 75.0 Å². The molecular weight excluding hydrogens is 595 g/mol. The Hall–Kier alpha value is -3.58. The van der Waals surface area contributed by atoms with Crippen molar-refractivity contribution in [2.45, 2.75) is 44.8 Å². The van der Waals surface area contributed by atoms with Gasteiger partial charge in [0.2, 0.25) is 11.8 Å². The fraction of sp³-hybridized carbons (Fsp3) is 0.367. The number of ether oxygens (including phenoxy) is 2. The first-order valence-electron chi connectivity index (χ1n) is 14.3. The van der Waals surface area contributed by atoms with E-state index in [1.165, 1.54) is 6.07 Å². The summed E-state index contributed by atoms with van der Waals surface area (Å²) in [6.07, 6.45) is 6.29. The molecule has 2 aliphatic heterocycles. The molecule has 2 saturated heterocycles. The van der Waals surface area contributed by atoms with E-state index in [1.807, 2.05) is 13.0 Å². The number of benzene rings is 2. The van der Waals surface area contributed by atoms with E-state index in [1.54, 1.807) is 42.7 Å². The van der Waals surface area contributed by atoms with E-state index in [9.17, 15) is 8.42 Å². The summed E-state index contributed by atoms with van der Waals surface area (Å²) in [6.45, 7) is 4.18. The molecule has 2 aromatic heterocycles. The Kier molecular flexibility index (Phi) is 8.62. The van der Waals surface area contributed by atoms with Crippen LogP contribution in [0, 0.1) is 12.7 Å². The molecule has 0 bridgehead atoms. The average molecular weight is 627 g/mol. The van der Waals surface area contributed by atoms with Crippen LogP contribution in [-0.4, -0.2) is 61.0 Å². The van der Waals surface area contributed by atoms with E-state index in [-0.39, 0.29) is 28.7 Å². The zero-order chi connectivity index (χ0) is 30.0. The van der Waals surface area contributed by atoms with Gasteiger partial charge in [-0.3, -0.25) is 0 Å². The van der Waals surface area contributed by atoms with Gasteiger partial charge in [-0.25, -0.2) is 27.8 Å². The molecule has 0 unspecified atom stereocenters. The maximum Gasteiger partial charge on any atom is 0.251 e. The Bertz CT molecular complexity index is 1730. The minimum atomic E-state index is -4.09. The number of piperidine rings is 1. The highest BCUT2D eigenvalue weighted by atomic mass is 35.5. The van der Waals surface area contributed by atoms with Gasteiger partial charge in [0.05, 0.1) is 23.1 Å². The average Bonchev–Trinajstić information content (AvgIpc) is 3.51. The number of anilines is 2. The Balaban J connectivity index is 1.34. The van der Waals surface area contributed by atoms with Crippen molar-refractivity contribution in [1.29, 1.82) is 0 Å². The Morgan fingerprint density at radius 1 is 1.12 bits per heavy atom. The van der Waals surface area contributed by atoms with Crippen LogP contribution in [0.3, 0.4) is 0 Å². The summed E-state index contributed by atoms with van der Waals surface area (Å²) in [5.41, 5.74) is 1.71. The number of sulfonamides is 1. The van der Waals surface area contributed by atoms with Gasteiger partial charge in [0.1, 0.15) is 17.3 Å². The van der Waals surface area contributed by atoms with Gasteiger partial charge in [-0.1, -0.05) is 12.1 Å². The number of aryl methyl sites for hydroxylation is 1. The number of hydrogen-bond donors (Lipinski definition) is 2. The van der Waals surface area contributed by atoms with Crippen molar-refractivity contribution in [2.24, 2.45) is 0 Å². The summed E-state index contributed by atoms with van der Waals surface area (Å²) in [5, 5.41) is 7.52. The number of hydrogen-bond acceptors (Lipinski definition) is 9. The van der Waals surface area contributed by atoms with Crippen molar-refractivity contribution in [3.8, 4) is 22.9 Å². The van der Waals surface area contributed by atoms with Gasteiger partial charge >= 0.3 is 0 Å². The van der Waals surface area contributed by atoms with Gasteiger partial charge in [0.15, 0.2) is 0 Å². The highest BCUT2D eigenvalue weighted by Gasteiger charge is 2.31. The van der Waals surface area contributed by atoms with E-state index < -0.39 is 21.9 Å². The topological polar surface area (TPSA) is 119 Å². The molecule has 0 radical (unpaired) electrons. The second-order valence-electron chi connectivity index (χ2n) is 10.7. The Labute approximate surface area is 254 Å². The fourth-order valence-electron chi connectivity index (χ4n) is 5.47. The van der Waals surface area contributed by atoms with Crippen LogP contribution in [0.2, 0.25) is 0 Å². The summed E-state index contributed by atoms with van der Waals surface area (Å²) in [6, 6.07) is 11.7. The standard InChI is InChI=1S/C30H32ClFN6O4S/c1-19-8-9-22-23(10-11-25(32)27(22)38(31)43(39,40)18-21-6-4-16-41-21)28(19)42-29-24(7-3-14-34-29)26-12-15-35-30(37-26)36-20-5-2-13-33-17-20/h3,7-12,14-15,20-21,33H,2,4-6,13,16-18H2,1H3,(H,35,36,37)/t20-,21+/m0/s1. The summed E-state index contributed by atoms with van der Waals surface area (Å²) in [5.74, 6) is 0.0590. The second-order valence-corrected chi connectivity index (χ2v) is 13.1. The van der Waals surface area contributed by atoms with Crippen LogP contribution >= 0.6 is 11.8 Å². The molecule has 0 saturated carbocycles. The normalized spacial score (nSPS) is 19.0. The predicted octanol–water partition coefficient (Wildman–Crippen LogP) is 5.56. The molecular formula is C30H32ClFN6O4S. The molecule has 10 nitrogen and oxygen atoms in total. The smallest absolute Gasteiger partial charge is 0.251 e. The first kappa shape index (κ1) is 29.5. The monoisotopic (exact) mass is 626 g/mol. The highest BCUT2D eigenvalue weighted by Crippen LogP contribution is 2.41. The highest BCUT2D eigenvalue weighted by molar-refractivity contribution is 7.94. The maximum absolute atomic E-state index is 15.3. The van der Waals surface area contributed by atoms with Crippen LogP contribution in [-0.2, 0) is 14.8 Å². The van der Waals surface area contributed by atoms with Crippen molar-refractivity contribution in [3.05, 3.63) is 66.2 Å².